The maximum absolute atomic E-state index is 12.4. The second kappa shape index (κ2) is 5.66. The zero-order chi connectivity index (χ0) is 15.6. The van der Waals surface area contributed by atoms with Gasteiger partial charge in [0.05, 0.1) is 12.8 Å². The minimum absolute atomic E-state index is 0.0462. The van der Waals surface area contributed by atoms with Gasteiger partial charge in [0.2, 0.25) is 0 Å². The van der Waals surface area contributed by atoms with Gasteiger partial charge in [-0.05, 0) is 18.6 Å². The van der Waals surface area contributed by atoms with Gasteiger partial charge < -0.3 is 14.8 Å². The fourth-order valence-electron chi connectivity index (χ4n) is 2.07. The van der Waals surface area contributed by atoms with Gasteiger partial charge in [0, 0.05) is 11.6 Å². The van der Waals surface area contributed by atoms with Crippen LogP contribution in [-0.2, 0) is 6.42 Å². The molecule has 7 nitrogen and oxygen atoms in total. The van der Waals surface area contributed by atoms with Crippen molar-refractivity contribution in [1.29, 1.82) is 0 Å². The van der Waals surface area contributed by atoms with Crippen molar-refractivity contribution in [3.63, 3.8) is 0 Å². The van der Waals surface area contributed by atoms with E-state index in [0.29, 0.717) is 11.4 Å². The van der Waals surface area contributed by atoms with E-state index in [9.17, 15) is 14.4 Å². The van der Waals surface area contributed by atoms with Crippen molar-refractivity contribution in [1.82, 2.24) is 9.55 Å². The fourth-order valence-corrected chi connectivity index (χ4v) is 2.07. The molecular weight excluding hydrogens is 276 g/mol. The molecule has 7 heteroatoms. The molecule has 0 aliphatic carbocycles. The number of aromatic amines is 1. The van der Waals surface area contributed by atoms with E-state index in [1.165, 1.54) is 13.2 Å². The van der Waals surface area contributed by atoms with E-state index in [2.05, 4.69) is 4.98 Å². The molecular formula is C14H14N2O5. The number of aromatic carboxylic acids is 1. The van der Waals surface area contributed by atoms with Crippen LogP contribution in [0.25, 0.3) is 5.69 Å². The molecule has 0 radical (unpaired) electrons. The normalized spacial score (nSPS) is 10.4. The molecule has 110 valence electrons. The molecule has 1 aromatic carbocycles. The Kier molecular flexibility index (Phi) is 3.93. The van der Waals surface area contributed by atoms with E-state index in [1.54, 1.807) is 25.1 Å². The molecule has 1 heterocycles. The van der Waals surface area contributed by atoms with Crippen LogP contribution < -0.4 is 16.0 Å². The molecule has 1 aromatic heterocycles. The molecule has 21 heavy (non-hydrogen) atoms. The Hall–Kier alpha value is -2.83. The molecule has 0 bridgehead atoms. The summed E-state index contributed by atoms with van der Waals surface area (Å²) in [6.07, 6.45) is 0.196. The van der Waals surface area contributed by atoms with Crippen molar-refractivity contribution >= 4 is 5.97 Å². The highest BCUT2D eigenvalue weighted by molar-refractivity contribution is 5.86. The van der Waals surface area contributed by atoms with Gasteiger partial charge in [0.15, 0.2) is 0 Å². The predicted molar refractivity (Wildman–Crippen MR) is 75.5 cm³/mol. The number of hydrogen-bond donors (Lipinski definition) is 2. The van der Waals surface area contributed by atoms with Crippen LogP contribution >= 0.6 is 0 Å². The highest BCUT2D eigenvalue weighted by Gasteiger charge is 2.18. The van der Waals surface area contributed by atoms with E-state index >= 15 is 0 Å². The Balaban J connectivity index is 2.79. The number of carboxylic acid groups (broad SMARTS) is 1. The number of nitrogens with one attached hydrogen (secondary N) is 1. The lowest BCUT2D eigenvalue weighted by atomic mass is 10.1. The van der Waals surface area contributed by atoms with Crippen LogP contribution in [0.1, 0.15) is 23.0 Å². The largest absolute Gasteiger partial charge is 0.497 e. The SMILES string of the molecule is CCc1c(C(=O)O)[nH]c(=O)n(-c2cccc(OC)c2)c1=O. The Labute approximate surface area is 119 Å². The fraction of sp³-hybridized carbons (Fsp3) is 0.214. The molecule has 0 fully saturated rings. The summed E-state index contributed by atoms with van der Waals surface area (Å²) in [7, 11) is 1.47. The second-order valence-electron chi connectivity index (χ2n) is 4.28. The van der Waals surface area contributed by atoms with E-state index < -0.39 is 17.2 Å². The molecule has 0 aliphatic heterocycles. The summed E-state index contributed by atoms with van der Waals surface area (Å²) in [5.74, 6) is -0.849. The van der Waals surface area contributed by atoms with Crippen LogP contribution in [0.4, 0.5) is 0 Å². The topological polar surface area (TPSA) is 101 Å². The van der Waals surface area contributed by atoms with Crippen LogP contribution in [0, 0.1) is 0 Å². The monoisotopic (exact) mass is 290 g/mol. The lowest BCUT2D eigenvalue weighted by molar-refractivity contribution is 0.0688. The zero-order valence-electron chi connectivity index (χ0n) is 11.5. The molecule has 2 aromatic rings. The summed E-state index contributed by atoms with van der Waals surface area (Å²) in [5, 5.41) is 9.05. The van der Waals surface area contributed by atoms with Gasteiger partial charge in [-0.3, -0.25) is 4.79 Å². The molecule has 2 rings (SSSR count). The van der Waals surface area contributed by atoms with E-state index in [1.807, 2.05) is 0 Å². The lowest BCUT2D eigenvalue weighted by Crippen LogP contribution is -2.38. The minimum atomic E-state index is -1.33. The number of benzene rings is 1. The third kappa shape index (κ3) is 2.58. The van der Waals surface area contributed by atoms with Gasteiger partial charge in [0.1, 0.15) is 11.4 Å². The summed E-state index contributed by atoms with van der Waals surface area (Å²) in [6.45, 7) is 1.65. The van der Waals surface area contributed by atoms with Gasteiger partial charge in [-0.2, -0.15) is 0 Å². The third-order valence-electron chi connectivity index (χ3n) is 3.08. The van der Waals surface area contributed by atoms with Crippen LogP contribution in [0.3, 0.4) is 0 Å². The smallest absolute Gasteiger partial charge is 0.352 e. The highest BCUT2D eigenvalue weighted by Crippen LogP contribution is 2.14. The molecule has 0 saturated heterocycles. The number of hydrogen-bond acceptors (Lipinski definition) is 4. The molecule has 0 saturated carbocycles. The summed E-state index contributed by atoms with van der Waals surface area (Å²) in [4.78, 5) is 37.8. The van der Waals surface area contributed by atoms with Gasteiger partial charge in [-0.1, -0.05) is 13.0 Å². The molecule has 0 atom stereocenters. The average molecular weight is 290 g/mol. The number of carbonyl (C=O) groups is 1. The Bertz CT molecular complexity index is 804. The number of ether oxygens (including phenoxy) is 1. The van der Waals surface area contributed by atoms with Crippen molar-refractivity contribution in [3.8, 4) is 11.4 Å². The van der Waals surface area contributed by atoms with Gasteiger partial charge in [-0.25, -0.2) is 14.2 Å². The Morgan fingerprint density at radius 2 is 2.10 bits per heavy atom. The number of H-pyrrole nitrogens is 1. The molecule has 2 N–H and O–H groups in total. The molecule has 0 amide bonds. The van der Waals surface area contributed by atoms with E-state index in [0.717, 1.165) is 4.57 Å². The molecule has 0 spiro atoms. The first-order valence-electron chi connectivity index (χ1n) is 6.25. The Morgan fingerprint density at radius 1 is 1.38 bits per heavy atom. The molecule has 0 unspecified atom stereocenters. The first-order chi connectivity index (χ1) is 9.99. The lowest BCUT2D eigenvalue weighted by Gasteiger charge is -2.10. The van der Waals surface area contributed by atoms with E-state index in [-0.39, 0.29) is 17.7 Å². The summed E-state index contributed by atoms with van der Waals surface area (Å²) >= 11 is 0. The van der Waals surface area contributed by atoms with Crippen molar-refractivity contribution in [3.05, 3.63) is 56.4 Å². The Morgan fingerprint density at radius 3 is 2.67 bits per heavy atom. The van der Waals surface area contributed by atoms with Crippen LogP contribution in [0.5, 0.6) is 5.75 Å². The van der Waals surface area contributed by atoms with Crippen molar-refractivity contribution in [2.45, 2.75) is 13.3 Å². The number of nitrogens with zero attached hydrogens (tertiary/aromatic N) is 1. The maximum Gasteiger partial charge on any atom is 0.352 e. The number of rotatable bonds is 4. The van der Waals surface area contributed by atoms with Crippen LogP contribution in [-0.4, -0.2) is 27.7 Å². The number of aromatic nitrogens is 2. The number of methoxy groups -OCH3 is 1. The van der Waals surface area contributed by atoms with Crippen molar-refractivity contribution < 1.29 is 14.6 Å². The summed E-state index contributed by atoms with van der Waals surface area (Å²) in [6, 6.07) is 6.40. The van der Waals surface area contributed by atoms with E-state index in [4.69, 9.17) is 9.84 Å². The number of carboxylic acids is 1. The van der Waals surface area contributed by atoms with Crippen LogP contribution in [0.15, 0.2) is 33.9 Å². The van der Waals surface area contributed by atoms with Crippen molar-refractivity contribution in [2.24, 2.45) is 0 Å². The quantitative estimate of drug-likeness (QED) is 0.867. The molecule has 0 aliphatic rings. The average Bonchev–Trinajstić information content (AvgIpc) is 2.47. The van der Waals surface area contributed by atoms with Gasteiger partial charge in [0.25, 0.3) is 5.56 Å². The maximum atomic E-state index is 12.4. The predicted octanol–water partition coefficient (Wildman–Crippen LogP) is 0.795. The first kappa shape index (κ1) is 14.6. The second-order valence-corrected chi connectivity index (χ2v) is 4.28. The van der Waals surface area contributed by atoms with Crippen LogP contribution in [0.2, 0.25) is 0 Å². The van der Waals surface area contributed by atoms with Crippen molar-refractivity contribution in [2.75, 3.05) is 7.11 Å². The highest BCUT2D eigenvalue weighted by atomic mass is 16.5. The minimum Gasteiger partial charge on any atom is -0.497 e. The van der Waals surface area contributed by atoms with Gasteiger partial charge >= 0.3 is 11.7 Å². The third-order valence-corrected chi connectivity index (χ3v) is 3.08. The summed E-state index contributed by atoms with van der Waals surface area (Å²) < 4.78 is 5.95. The first-order valence-corrected chi connectivity index (χ1v) is 6.25. The summed E-state index contributed by atoms with van der Waals surface area (Å²) in [5.41, 5.74) is -1.46. The zero-order valence-corrected chi connectivity index (χ0v) is 11.5. The van der Waals surface area contributed by atoms with Gasteiger partial charge in [-0.15, -0.1) is 0 Å². The standard InChI is InChI=1S/C14H14N2O5/c1-3-10-11(13(18)19)15-14(20)16(12(10)17)8-5-4-6-9(7-8)21-2/h4-7H,3H2,1-2H3,(H,15,20)(H,18,19).